The van der Waals surface area contributed by atoms with E-state index in [-0.39, 0.29) is 29.1 Å². The van der Waals surface area contributed by atoms with Gasteiger partial charge in [0, 0.05) is 18.3 Å². The molecule has 4 atom stereocenters. The van der Waals surface area contributed by atoms with Crippen LogP contribution >= 0.6 is 12.2 Å². The van der Waals surface area contributed by atoms with Gasteiger partial charge in [-0.2, -0.15) is 0 Å². The molecule has 0 spiro atoms. The Morgan fingerprint density at radius 1 is 1.45 bits per heavy atom. The average molecular weight is 324 g/mol. The van der Waals surface area contributed by atoms with Crippen LogP contribution in [-0.4, -0.2) is 46.2 Å². The van der Waals surface area contributed by atoms with Crippen LogP contribution in [-0.2, 0) is 9.59 Å². The molecule has 2 fully saturated rings. The SMILES string of the molecule is CC[C@H](C)N1C(=O)[C@H](C=N[C@H]2CCCC[C@@H]2N)C(=O)NC1=S. The molecule has 2 amide bonds. The highest BCUT2D eigenvalue weighted by Gasteiger charge is 2.39. The first-order chi connectivity index (χ1) is 10.5. The number of carbonyl (C=O) groups is 2. The minimum Gasteiger partial charge on any atom is -0.326 e. The Hall–Kier alpha value is -1.34. The van der Waals surface area contributed by atoms with Gasteiger partial charge in [0.2, 0.25) is 11.8 Å². The van der Waals surface area contributed by atoms with Gasteiger partial charge in [-0.1, -0.05) is 19.8 Å². The van der Waals surface area contributed by atoms with E-state index in [1.807, 2.05) is 13.8 Å². The van der Waals surface area contributed by atoms with E-state index in [0.29, 0.717) is 0 Å². The van der Waals surface area contributed by atoms with Gasteiger partial charge >= 0.3 is 0 Å². The lowest BCUT2D eigenvalue weighted by Gasteiger charge is -2.35. The number of aliphatic imine (C=N–C) groups is 1. The second-order valence-corrected chi connectivity index (χ2v) is 6.44. The summed E-state index contributed by atoms with van der Waals surface area (Å²) in [5, 5.41) is 2.78. The molecule has 1 aliphatic heterocycles. The molecule has 0 bridgehead atoms. The number of rotatable bonds is 4. The number of nitrogens with zero attached hydrogens (tertiary/aromatic N) is 2. The summed E-state index contributed by atoms with van der Waals surface area (Å²) >= 11 is 5.11. The zero-order chi connectivity index (χ0) is 16.3. The average Bonchev–Trinajstić information content (AvgIpc) is 2.48. The van der Waals surface area contributed by atoms with Gasteiger partial charge in [-0.25, -0.2) is 0 Å². The van der Waals surface area contributed by atoms with Crippen molar-refractivity contribution in [1.82, 2.24) is 10.2 Å². The summed E-state index contributed by atoms with van der Waals surface area (Å²) in [6.45, 7) is 3.88. The Morgan fingerprint density at radius 3 is 2.77 bits per heavy atom. The van der Waals surface area contributed by atoms with Crippen molar-refractivity contribution >= 4 is 35.4 Å². The fraction of sp³-hybridized carbons (Fsp3) is 0.733. The zero-order valence-corrected chi connectivity index (χ0v) is 13.9. The van der Waals surface area contributed by atoms with Crippen LogP contribution in [0.5, 0.6) is 0 Å². The topological polar surface area (TPSA) is 87.8 Å². The van der Waals surface area contributed by atoms with Crippen molar-refractivity contribution in [3.63, 3.8) is 0 Å². The maximum atomic E-state index is 12.6. The summed E-state index contributed by atoms with van der Waals surface area (Å²) in [5.74, 6) is -1.60. The van der Waals surface area contributed by atoms with Crippen LogP contribution < -0.4 is 11.1 Å². The molecule has 1 saturated heterocycles. The van der Waals surface area contributed by atoms with E-state index in [1.54, 1.807) is 0 Å². The smallest absolute Gasteiger partial charge is 0.247 e. The first kappa shape index (κ1) is 17.0. The third-order valence-electron chi connectivity index (χ3n) is 4.47. The third-order valence-corrected chi connectivity index (χ3v) is 4.77. The van der Waals surface area contributed by atoms with Crippen molar-refractivity contribution in [3.8, 4) is 0 Å². The Labute approximate surface area is 136 Å². The van der Waals surface area contributed by atoms with Crippen LogP contribution in [0.4, 0.5) is 0 Å². The second-order valence-electron chi connectivity index (χ2n) is 6.05. The summed E-state index contributed by atoms with van der Waals surface area (Å²) < 4.78 is 0. The lowest BCUT2D eigenvalue weighted by molar-refractivity contribution is -0.139. The van der Waals surface area contributed by atoms with Gasteiger partial charge in [-0.3, -0.25) is 19.5 Å². The first-order valence-corrected chi connectivity index (χ1v) is 8.33. The minimum atomic E-state index is -0.908. The van der Waals surface area contributed by atoms with E-state index in [4.69, 9.17) is 18.0 Å². The Kier molecular flexibility index (Phi) is 5.63. The summed E-state index contributed by atoms with van der Waals surface area (Å²) in [6, 6.07) is -0.0350. The molecular formula is C15H24N4O2S. The molecule has 0 aromatic rings. The Balaban J connectivity index is 2.12. The highest BCUT2D eigenvalue weighted by molar-refractivity contribution is 7.80. The first-order valence-electron chi connectivity index (χ1n) is 7.92. The second kappa shape index (κ2) is 7.28. The number of hydrogen-bond donors (Lipinski definition) is 2. The zero-order valence-electron chi connectivity index (χ0n) is 13.1. The molecule has 0 radical (unpaired) electrons. The molecule has 6 nitrogen and oxygen atoms in total. The molecule has 1 heterocycles. The van der Waals surface area contributed by atoms with E-state index < -0.39 is 11.8 Å². The van der Waals surface area contributed by atoms with E-state index in [9.17, 15) is 9.59 Å². The fourth-order valence-electron chi connectivity index (χ4n) is 2.86. The molecule has 3 N–H and O–H groups in total. The largest absolute Gasteiger partial charge is 0.326 e. The predicted octanol–water partition coefficient (Wildman–Crippen LogP) is 0.985. The lowest BCUT2D eigenvalue weighted by Crippen LogP contribution is -2.60. The molecule has 22 heavy (non-hydrogen) atoms. The molecule has 0 aromatic heterocycles. The van der Waals surface area contributed by atoms with Crippen LogP contribution in [0, 0.1) is 5.92 Å². The van der Waals surface area contributed by atoms with Crippen LogP contribution in [0.3, 0.4) is 0 Å². The van der Waals surface area contributed by atoms with E-state index >= 15 is 0 Å². The van der Waals surface area contributed by atoms with Crippen molar-refractivity contribution in [2.24, 2.45) is 16.6 Å². The molecule has 2 aliphatic rings. The molecule has 0 unspecified atom stereocenters. The summed E-state index contributed by atoms with van der Waals surface area (Å²) in [7, 11) is 0. The lowest BCUT2D eigenvalue weighted by atomic mass is 9.91. The summed E-state index contributed by atoms with van der Waals surface area (Å²) in [4.78, 5) is 30.5. The minimum absolute atomic E-state index is 0.000256. The molecular weight excluding hydrogens is 300 g/mol. The number of nitrogens with one attached hydrogen (secondary N) is 1. The summed E-state index contributed by atoms with van der Waals surface area (Å²) in [5.41, 5.74) is 6.05. The quantitative estimate of drug-likeness (QED) is 0.458. The predicted molar refractivity (Wildman–Crippen MR) is 89.6 cm³/mol. The highest BCUT2D eigenvalue weighted by atomic mass is 32.1. The standard InChI is InChI=1S/C15H24N4O2S/c1-3-9(2)19-14(21)10(13(20)18-15(19)22)8-17-12-7-5-4-6-11(12)16/h8-12H,3-7,16H2,1-2H3,(H,18,20,22)/t9-,10+,11-,12-/m0/s1. The van der Waals surface area contributed by atoms with Gasteiger partial charge < -0.3 is 11.1 Å². The highest BCUT2D eigenvalue weighted by Crippen LogP contribution is 2.20. The van der Waals surface area contributed by atoms with Crippen molar-refractivity contribution in [1.29, 1.82) is 0 Å². The van der Waals surface area contributed by atoms with Gasteiger partial charge in [0.05, 0.1) is 6.04 Å². The molecule has 0 aromatic carbocycles. The third kappa shape index (κ3) is 3.52. The van der Waals surface area contributed by atoms with Gasteiger partial charge in [0.25, 0.3) is 0 Å². The fourth-order valence-corrected chi connectivity index (χ4v) is 3.23. The van der Waals surface area contributed by atoms with E-state index in [0.717, 1.165) is 32.1 Å². The number of carbonyl (C=O) groups excluding carboxylic acids is 2. The van der Waals surface area contributed by atoms with Crippen LogP contribution in [0.2, 0.25) is 0 Å². The number of thiocarbonyl (C=S) groups is 1. The Morgan fingerprint density at radius 2 is 2.14 bits per heavy atom. The normalized spacial score (nSPS) is 31.5. The monoisotopic (exact) mass is 324 g/mol. The molecule has 1 aliphatic carbocycles. The van der Waals surface area contributed by atoms with Crippen molar-refractivity contribution in [3.05, 3.63) is 0 Å². The maximum absolute atomic E-state index is 12.6. The van der Waals surface area contributed by atoms with Gasteiger partial charge in [0.15, 0.2) is 11.0 Å². The Bertz CT molecular complexity index is 494. The van der Waals surface area contributed by atoms with Gasteiger partial charge in [-0.15, -0.1) is 0 Å². The molecule has 2 rings (SSSR count). The number of hydrogen-bond acceptors (Lipinski definition) is 5. The van der Waals surface area contributed by atoms with Crippen LogP contribution in [0.1, 0.15) is 46.0 Å². The number of amides is 2. The maximum Gasteiger partial charge on any atom is 0.247 e. The van der Waals surface area contributed by atoms with Gasteiger partial charge in [-0.05, 0) is 38.4 Å². The van der Waals surface area contributed by atoms with Gasteiger partial charge in [0.1, 0.15) is 0 Å². The van der Waals surface area contributed by atoms with Crippen molar-refractivity contribution in [2.75, 3.05) is 0 Å². The van der Waals surface area contributed by atoms with Crippen molar-refractivity contribution < 1.29 is 9.59 Å². The summed E-state index contributed by atoms with van der Waals surface area (Å²) in [6.07, 6.45) is 6.28. The van der Waals surface area contributed by atoms with Crippen LogP contribution in [0.15, 0.2) is 4.99 Å². The van der Waals surface area contributed by atoms with E-state index in [2.05, 4.69) is 10.3 Å². The molecule has 1 saturated carbocycles. The number of nitrogens with two attached hydrogens (primary N) is 1. The van der Waals surface area contributed by atoms with E-state index in [1.165, 1.54) is 11.1 Å². The molecule has 122 valence electrons. The van der Waals surface area contributed by atoms with Crippen LogP contribution in [0.25, 0.3) is 0 Å². The van der Waals surface area contributed by atoms with Crippen molar-refractivity contribution in [2.45, 2.75) is 64.1 Å². The molecule has 7 heteroatoms.